The number of carbonyl (C=O) groups excluding carboxylic acids is 1. The van der Waals surface area contributed by atoms with Crippen LogP contribution in [0, 0.1) is 26.6 Å². The van der Waals surface area contributed by atoms with Gasteiger partial charge >= 0.3 is 0 Å². The minimum atomic E-state index is -0.538. The summed E-state index contributed by atoms with van der Waals surface area (Å²) >= 11 is 0. The minimum Gasteiger partial charge on any atom is -0.318 e. The summed E-state index contributed by atoms with van der Waals surface area (Å²) in [7, 11) is 0. The van der Waals surface area contributed by atoms with Crippen molar-refractivity contribution in [3.8, 4) is 11.1 Å². The molecule has 0 atom stereocenters. The summed E-state index contributed by atoms with van der Waals surface area (Å²) in [6.07, 6.45) is 0. The fourth-order valence-electron chi connectivity index (χ4n) is 3.17. The number of anilines is 1. The zero-order valence-corrected chi connectivity index (χ0v) is 15.7. The summed E-state index contributed by atoms with van der Waals surface area (Å²) < 4.78 is 15.7. The number of hydrogen-bond donors (Lipinski definition) is 1. The number of fused-ring (bicyclic) bond motifs is 1. The number of carbonyl (C=O) groups is 1. The van der Waals surface area contributed by atoms with Crippen LogP contribution in [0.5, 0.6) is 0 Å². The lowest BCUT2D eigenvalue weighted by atomic mass is 10.1. The van der Waals surface area contributed by atoms with Crippen LogP contribution in [0.25, 0.3) is 16.8 Å². The van der Waals surface area contributed by atoms with Crippen molar-refractivity contribution >= 4 is 17.2 Å². The van der Waals surface area contributed by atoms with Crippen molar-refractivity contribution in [1.82, 2.24) is 19.8 Å². The largest absolute Gasteiger partial charge is 0.318 e. The molecule has 0 saturated heterocycles. The monoisotopic (exact) mass is 375 g/mol. The molecule has 4 aromatic rings. The van der Waals surface area contributed by atoms with Gasteiger partial charge in [-0.2, -0.15) is 5.10 Å². The topological polar surface area (TPSA) is 72.2 Å². The molecule has 0 aliphatic heterocycles. The zero-order valence-electron chi connectivity index (χ0n) is 15.7. The molecule has 0 saturated carbocycles. The van der Waals surface area contributed by atoms with Gasteiger partial charge in [-0.25, -0.2) is 8.91 Å². The van der Waals surface area contributed by atoms with Crippen LogP contribution in [0.3, 0.4) is 0 Å². The lowest BCUT2D eigenvalue weighted by Gasteiger charge is -2.09. The van der Waals surface area contributed by atoms with Crippen molar-refractivity contribution in [2.24, 2.45) is 0 Å². The maximum atomic E-state index is 14.1. The quantitative estimate of drug-likeness (QED) is 0.585. The Hall–Kier alpha value is -3.61. The van der Waals surface area contributed by atoms with Crippen LogP contribution < -0.4 is 5.32 Å². The molecular weight excluding hydrogens is 357 g/mol. The van der Waals surface area contributed by atoms with Crippen LogP contribution in [0.1, 0.15) is 27.4 Å². The van der Waals surface area contributed by atoms with E-state index in [0.29, 0.717) is 11.3 Å². The molecule has 1 N–H and O–H groups in total. The van der Waals surface area contributed by atoms with Crippen molar-refractivity contribution in [3.05, 3.63) is 77.0 Å². The maximum absolute atomic E-state index is 14.1. The van der Waals surface area contributed by atoms with Crippen molar-refractivity contribution in [2.45, 2.75) is 20.8 Å². The van der Waals surface area contributed by atoms with E-state index in [1.165, 1.54) is 12.1 Å². The summed E-state index contributed by atoms with van der Waals surface area (Å²) in [4.78, 5) is 12.7. The van der Waals surface area contributed by atoms with E-state index in [9.17, 15) is 9.18 Å². The van der Waals surface area contributed by atoms with Gasteiger partial charge in [0.2, 0.25) is 0 Å². The Bertz CT molecular complexity index is 1200. The Morgan fingerprint density at radius 1 is 1.04 bits per heavy atom. The molecule has 0 aliphatic carbocycles. The summed E-state index contributed by atoms with van der Waals surface area (Å²) in [6, 6.07) is 14.4. The van der Waals surface area contributed by atoms with Gasteiger partial charge in [-0.1, -0.05) is 36.4 Å². The van der Waals surface area contributed by atoms with Crippen molar-refractivity contribution in [2.75, 3.05) is 5.32 Å². The van der Waals surface area contributed by atoms with Crippen molar-refractivity contribution in [1.29, 1.82) is 0 Å². The number of nitrogens with zero attached hydrogens (tertiary/aromatic N) is 4. The van der Waals surface area contributed by atoms with E-state index in [4.69, 9.17) is 0 Å². The second kappa shape index (κ2) is 6.84. The highest BCUT2D eigenvalue weighted by atomic mass is 19.1. The molecule has 0 spiro atoms. The van der Waals surface area contributed by atoms with E-state index in [1.54, 1.807) is 24.4 Å². The standard InChI is InChI=1S/C21H18FN5O/c1-12-9-10-17(16(22)11-12)23-21(28)19-14(3)27-20(25-24-19)18(13(2)26-27)15-7-5-4-6-8-15/h4-11H,1-3H3,(H,23,28). The van der Waals surface area contributed by atoms with Gasteiger partial charge in [0.1, 0.15) is 5.82 Å². The summed E-state index contributed by atoms with van der Waals surface area (Å²) in [5.41, 5.74) is 4.68. The molecule has 6 nitrogen and oxygen atoms in total. The third-order valence-electron chi connectivity index (χ3n) is 4.59. The van der Waals surface area contributed by atoms with E-state index in [-0.39, 0.29) is 11.4 Å². The molecule has 4 rings (SSSR count). The number of benzene rings is 2. The zero-order chi connectivity index (χ0) is 19.8. The van der Waals surface area contributed by atoms with E-state index in [1.807, 2.05) is 37.3 Å². The van der Waals surface area contributed by atoms with Crippen LogP contribution in [-0.4, -0.2) is 25.7 Å². The Labute approximate surface area is 161 Å². The number of rotatable bonds is 3. The van der Waals surface area contributed by atoms with Crippen molar-refractivity contribution < 1.29 is 9.18 Å². The minimum absolute atomic E-state index is 0.0922. The first-order valence-electron chi connectivity index (χ1n) is 8.81. The van der Waals surface area contributed by atoms with Gasteiger partial charge < -0.3 is 5.32 Å². The lowest BCUT2D eigenvalue weighted by molar-refractivity contribution is 0.101. The second-order valence-electron chi connectivity index (χ2n) is 6.63. The molecule has 0 fully saturated rings. The van der Waals surface area contributed by atoms with Crippen LogP contribution >= 0.6 is 0 Å². The predicted octanol–water partition coefficient (Wildman–Crippen LogP) is 4.11. The van der Waals surface area contributed by atoms with Gasteiger partial charge in [-0.3, -0.25) is 4.79 Å². The smallest absolute Gasteiger partial charge is 0.278 e. The predicted molar refractivity (Wildman–Crippen MR) is 105 cm³/mol. The van der Waals surface area contributed by atoms with Crippen molar-refractivity contribution in [3.63, 3.8) is 0 Å². The Balaban J connectivity index is 1.75. The van der Waals surface area contributed by atoms with Gasteiger partial charge in [0.15, 0.2) is 11.3 Å². The summed E-state index contributed by atoms with van der Waals surface area (Å²) in [6.45, 7) is 5.41. The number of halogens is 1. The molecule has 0 unspecified atom stereocenters. The summed E-state index contributed by atoms with van der Waals surface area (Å²) in [5.74, 6) is -1.04. The van der Waals surface area contributed by atoms with Crippen LogP contribution in [-0.2, 0) is 0 Å². The number of amides is 1. The normalized spacial score (nSPS) is 11.0. The molecule has 2 aromatic carbocycles. The highest BCUT2D eigenvalue weighted by Crippen LogP contribution is 2.27. The van der Waals surface area contributed by atoms with Gasteiger partial charge in [-0.05, 0) is 44.0 Å². The van der Waals surface area contributed by atoms with Crippen LogP contribution in [0.15, 0.2) is 48.5 Å². The van der Waals surface area contributed by atoms with E-state index in [2.05, 4.69) is 20.6 Å². The molecule has 0 radical (unpaired) electrons. The van der Waals surface area contributed by atoms with Gasteiger partial charge in [0.05, 0.1) is 22.6 Å². The Morgan fingerprint density at radius 3 is 2.50 bits per heavy atom. The maximum Gasteiger partial charge on any atom is 0.278 e. The molecule has 2 aromatic heterocycles. The number of nitrogens with one attached hydrogen (secondary N) is 1. The molecule has 2 heterocycles. The molecular formula is C21H18FN5O. The molecule has 140 valence electrons. The first-order valence-corrected chi connectivity index (χ1v) is 8.81. The van der Waals surface area contributed by atoms with Crippen LogP contribution in [0.4, 0.5) is 10.1 Å². The average molecular weight is 375 g/mol. The fraction of sp³-hybridized carbons (Fsp3) is 0.143. The Morgan fingerprint density at radius 2 is 1.79 bits per heavy atom. The van der Waals surface area contributed by atoms with E-state index in [0.717, 1.165) is 22.4 Å². The van der Waals surface area contributed by atoms with Crippen LogP contribution in [0.2, 0.25) is 0 Å². The average Bonchev–Trinajstić information content (AvgIpc) is 3.02. The summed E-state index contributed by atoms with van der Waals surface area (Å²) in [5, 5.41) is 15.4. The highest BCUT2D eigenvalue weighted by molar-refractivity contribution is 6.03. The SMILES string of the molecule is Cc1ccc(NC(=O)c2nnc3c(-c4ccccc4)c(C)nn3c2C)c(F)c1. The molecule has 0 bridgehead atoms. The Kier molecular flexibility index (Phi) is 4.35. The lowest BCUT2D eigenvalue weighted by Crippen LogP contribution is -2.19. The van der Waals surface area contributed by atoms with E-state index >= 15 is 0 Å². The number of hydrogen-bond acceptors (Lipinski definition) is 4. The third kappa shape index (κ3) is 3.00. The highest BCUT2D eigenvalue weighted by Gasteiger charge is 2.20. The van der Waals surface area contributed by atoms with Gasteiger partial charge in [0, 0.05) is 0 Å². The van der Waals surface area contributed by atoms with Gasteiger partial charge in [-0.15, -0.1) is 10.2 Å². The second-order valence-corrected chi connectivity index (χ2v) is 6.63. The van der Waals surface area contributed by atoms with E-state index < -0.39 is 11.7 Å². The first-order chi connectivity index (χ1) is 13.5. The number of aromatic nitrogens is 4. The first kappa shape index (κ1) is 17.8. The molecule has 7 heteroatoms. The van der Waals surface area contributed by atoms with Gasteiger partial charge in [0.25, 0.3) is 5.91 Å². The molecule has 28 heavy (non-hydrogen) atoms. The molecule has 0 aliphatic rings. The third-order valence-corrected chi connectivity index (χ3v) is 4.59. The number of aryl methyl sites for hydroxylation is 3. The molecule has 1 amide bonds. The fourth-order valence-corrected chi connectivity index (χ4v) is 3.17.